The maximum Gasteiger partial charge on any atom is 0.0769 e. The Balaban J connectivity index is 3.22. The summed E-state index contributed by atoms with van der Waals surface area (Å²) in [7, 11) is 0. The smallest absolute Gasteiger partial charge is 0.0769 e. The van der Waals surface area contributed by atoms with Crippen LogP contribution in [-0.4, -0.2) is 5.11 Å². The molecule has 0 amide bonds. The van der Waals surface area contributed by atoms with Gasteiger partial charge in [0.2, 0.25) is 0 Å². The van der Waals surface area contributed by atoms with Crippen LogP contribution in [0.25, 0.3) is 0 Å². The van der Waals surface area contributed by atoms with Gasteiger partial charge in [0.1, 0.15) is 0 Å². The summed E-state index contributed by atoms with van der Waals surface area (Å²) in [5, 5.41) is 18.0. The lowest BCUT2D eigenvalue weighted by molar-refractivity contribution is 0.279. The second kappa shape index (κ2) is 3.59. The maximum absolute atomic E-state index is 9.07. The molecule has 0 saturated carbocycles. The van der Waals surface area contributed by atoms with Gasteiger partial charge in [-0.25, -0.2) is 0 Å². The molecule has 0 radical (unpaired) electrons. The minimum absolute atomic E-state index is 0.0126. The molecule has 2 nitrogen and oxygen atoms in total. The zero-order chi connectivity index (χ0) is 9.90. The molecule has 0 atom stereocenters. The molecule has 0 aromatic heterocycles. The molecule has 2 heteroatoms. The molecule has 1 aromatic carbocycles. The first-order valence-electron chi connectivity index (χ1n) is 4.22. The summed E-state index contributed by atoms with van der Waals surface area (Å²) in [6, 6.07) is 9.69. The van der Waals surface area contributed by atoms with E-state index in [1.165, 1.54) is 0 Å². The zero-order valence-corrected chi connectivity index (χ0v) is 7.91. The van der Waals surface area contributed by atoms with E-state index in [0.717, 1.165) is 11.1 Å². The van der Waals surface area contributed by atoms with Crippen LogP contribution in [-0.2, 0) is 12.0 Å². The number of rotatable bonds is 2. The summed E-state index contributed by atoms with van der Waals surface area (Å²) in [5.41, 5.74) is 1.20. The Labute approximate surface area is 78.4 Å². The first-order chi connectivity index (χ1) is 6.11. The molecule has 1 N–H and O–H groups in total. The minimum Gasteiger partial charge on any atom is -0.392 e. The third-order valence-corrected chi connectivity index (χ3v) is 2.14. The van der Waals surface area contributed by atoms with Crippen LogP contribution >= 0.6 is 0 Å². The molecule has 0 aliphatic carbocycles. The summed E-state index contributed by atoms with van der Waals surface area (Å²) in [6.45, 7) is 3.68. The summed E-state index contributed by atoms with van der Waals surface area (Å²) >= 11 is 0. The van der Waals surface area contributed by atoms with Crippen LogP contribution in [0, 0.1) is 11.3 Å². The Morgan fingerprint density at radius 1 is 1.38 bits per heavy atom. The Morgan fingerprint density at radius 2 is 2.00 bits per heavy atom. The van der Waals surface area contributed by atoms with Gasteiger partial charge in [-0.05, 0) is 25.0 Å². The van der Waals surface area contributed by atoms with Crippen molar-refractivity contribution >= 4 is 0 Å². The third kappa shape index (κ3) is 1.88. The van der Waals surface area contributed by atoms with Crippen LogP contribution in [0.2, 0.25) is 0 Å². The fourth-order valence-electron chi connectivity index (χ4n) is 1.33. The van der Waals surface area contributed by atoms with E-state index in [1.807, 2.05) is 38.1 Å². The van der Waals surface area contributed by atoms with Crippen molar-refractivity contribution in [1.29, 1.82) is 5.26 Å². The molecule has 1 rings (SSSR count). The SMILES string of the molecule is CC(C)(C#N)c1ccccc1CO. The number of hydrogen-bond donors (Lipinski definition) is 1. The monoisotopic (exact) mass is 175 g/mol. The van der Waals surface area contributed by atoms with Crippen LogP contribution in [0.5, 0.6) is 0 Å². The van der Waals surface area contributed by atoms with Crippen LogP contribution in [0.4, 0.5) is 0 Å². The highest BCUT2D eigenvalue weighted by Crippen LogP contribution is 2.25. The molecular formula is C11H13NO. The Bertz CT molecular complexity index is 336. The Morgan fingerprint density at radius 3 is 2.54 bits per heavy atom. The average Bonchev–Trinajstić information content (AvgIpc) is 2.18. The minimum atomic E-state index is -0.528. The molecule has 0 heterocycles. The molecule has 13 heavy (non-hydrogen) atoms. The quantitative estimate of drug-likeness (QED) is 0.746. The third-order valence-electron chi connectivity index (χ3n) is 2.14. The second-order valence-corrected chi connectivity index (χ2v) is 3.55. The molecule has 0 aliphatic heterocycles. The predicted molar refractivity (Wildman–Crippen MR) is 51.0 cm³/mol. The van der Waals surface area contributed by atoms with Gasteiger partial charge in [0.15, 0.2) is 0 Å². The van der Waals surface area contributed by atoms with Crippen LogP contribution in [0.3, 0.4) is 0 Å². The number of nitrogens with zero attached hydrogens (tertiary/aromatic N) is 1. The Kier molecular flexibility index (Phi) is 2.69. The second-order valence-electron chi connectivity index (χ2n) is 3.55. The highest BCUT2D eigenvalue weighted by molar-refractivity contribution is 5.37. The van der Waals surface area contributed by atoms with Crippen molar-refractivity contribution in [2.75, 3.05) is 0 Å². The van der Waals surface area contributed by atoms with Crippen LogP contribution in [0.15, 0.2) is 24.3 Å². The highest BCUT2D eigenvalue weighted by Gasteiger charge is 2.21. The first kappa shape index (κ1) is 9.76. The molecular weight excluding hydrogens is 162 g/mol. The summed E-state index contributed by atoms with van der Waals surface area (Å²) < 4.78 is 0. The molecule has 0 saturated heterocycles. The van der Waals surface area contributed by atoms with Gasteiger partial charge in [0.05, 0.1) is 18.1 Å². The fraction of sp³-hybridized carbons (Fsp3) is 0.364. The molecule has 1 aromatic rings. The van der Waals surface area contributed by atoms with E-state index in [2.05, 4.69) is 6.07 Å². The normalized spacial score (nSPS) is 10.9. The summed E-state index contributed by atoms with van der Waals surface area (Å²) in [6.07, 6.45) is 0. The molecule has 0 aliphatic rings. The molecule has 68 valence electrons. The van der Waals surface area contributed by atoms with Crippen LogP contribution in [0.1, 0.15) is 25.0 Å². The van der Waals surface area contributed by atoms with Gasteiger partial charge in [-0.15, -0.1) is 0 Å². The molecule has 0 bridgehead atoms. The Hall–Kier alpha value is -1.33. The standard InChI is InChI=1S/C11H13NO/c1-11(2,8-12)10-6-4-3-5-9(10)7-13/h3-6,13H,7H2,1-2H3. The lowest BCUT2D eigenvalue weighted by Gasteiger charge is -2.18. The lowest BCUT2D eigenvalue weighted by Crippen LogP contribution is -2.16. The number of aliphatic hydroxyl groups excluding tert-OH is 1. The topological polar surface area (TPSA) is 44.0 Å². The van der Waals surface area contributed by atoms with E-state index in [0.29, 0.717) is 0 Å². The van der Waals surface area contributed by atoms with E-state index in [9.17, 15) is 0 Å². The van der Waals surface area contributed by atoms with Gasteiger partial charge >= 0.3 is 0 Å². The van der Waals surface area contributed by atoms with Crippen molar-refractivity contribution in [1.82, 2.24) is 0 Å². The van der Waals surface area contributed by atoms with Crippen LogP contribution < -0.4 is 0 Å². The van der Waals surface area contributed by atoms with Gasteiger partial charge in [0.25, 0.3) is 0 Å². The maximum atomic E-state index is 9.07. The summed E-state index contributed by atoms with van der Waals surface area (Å²) in [5.74, 6) is 0. The van der Waals surface area contributed by atoms with Gasteiger partial charge in [-0.1, -0.05) is 24.3 Å². The highest BCUT2D eigenvalue weighted by atomic mass is 16.3. The van der Waals surface area contributed by atoms with Crippen molar-refractivity contribution < 1.29 is 5.11 Å². The van der Waals surface area contributed by atoms with E-state index in [-0.39, 0.29) is 6.61 Å². The van der Waals surface area contributed by atoms with E-state index < -0.39 is 5.41 Å². The number of benzene rings is 1. The van der Waals surface area contributed by atoms with E-state index >= 15 is 0 Å². The van der Waals surface area contributed by atoms with Crippen molar-refractivity contribution in [3.8, 4) is 6.07 Å². The molecule has 0 unspecified atom stereocenters. The zero-order valence-electron chi connectivity index (χ0n) is 7.91. The molecule has 0 fully saturated rings. The van der Waals surface area contributed by atoms with Crippen molar-refractivity contribution in [3.63, 3.8) is 0 Å². The van der Waals surface area contributed by atoms with Gasteiger partial charge in [-0.3, -0.25) is 0 Å². The number of hydrogen-bond acceptors (Lipinski definition) is 2. The average molecular weight is 175 g/mol. The predicted octanol–water partition coefficient (Wildman–Crippen LogP) is 1.98. The number of aliphatic hydroxyl groups is 1. The largest absolute Gasteiger partial charge is 0.392 e. The fourth-order valence-corrected chi connectivity index (χ4v) is 1.33. The van der Waals surface area contributed by atoms with E-state index in [4.69, 9.17) is 10.4 Å². The van der Waals surface area contributed by atoms with Gasteiger partial charge in [-0.2, -0.15) is 5.26 Å². The summed E-state index contributed by atoms with van der Waals surface area (Å²) in [4.78, 5) is 0. The van der Waals surface area contributed by atoms with Crippen molar-refractivity contribution in [2.45, 2.75) is 25.9 Å². The number of nitriles is 1. The van der Waals surface area contributed by atoms with Gasteiger partial charge < -0.3 is 5.11 Å². The lowest BCUT2D eigenvalue weighted by atomic mass is 9.83. The van der Waals surface area contributed by atoms with Crippen molar-refractivity contribution in [3.05, 3.63) is 35.4 Å². The van der Waals surface area contributed by atoms with E-state index in [1.54, 1.807) is 0 Å². The first-order valence-corrected chi connectivity index (χ1v) is 4.22. The van der Waals surface area contributed by atoms with Crippen molar-refractivity contribution in [2.24, 2.45) is 0 Å². The molecule has 0 spiro atoms. The van der Waals surface area contributed by atoms with Gasteiger partial charge in [0, 0.05) is 0 Å².